The molecule has 0 spiro atoms. The van der Waals surface area contributed by atoms with Gasteiger partial charge in [-0.1, -0.05) is 13.2 Å². The van der Waals surface area contributed by atoms with Gasteiger partial charge in [0.2, 0.25) is 0 Å². The molecule has 0 aromatic rings. The number of esters is 2. The molecule has 17 heavy (non-hydrogen) atoms. The van der Waals surface area contributed by atoms with E-state index in [0.29, 0.717) is 12.1 Å². The van der Waals surface area contributed by atoms with E-state index in [-0.39, 0.29) is 19.3 Å². The fourth-order valence-corrected chi connectivity index (χ4v) is 0.897. The first-order valence-corrected chi connectivity index (χ1v) is 5.32. The van der Waals surface area contributed by atoms with Crippen molar-refractivity contribution in [1.82, 2.24) is 5.32 Å². The molecule has 0 fully saturated rings. The van der Waals surface area contributed by atoms with Crippen molar-refractivity contribution in [3.05, 3.63) is 24.8 Å². The Morgan fingerprint density at radius 3 is 2.59 bits per heavy atom. The van der Waals surface area contributed by atoms with Gasteiger partial charge in [-0.05, 0) is 13.8 Å². The molecule has 0 rings (SSSR count). The van der Waals surface area contributed by atoms with Gasteiger partial charge in [0.05, 0.1) is 0 Å². The summed E-state index contributed by atoms with van der Waals surface area (Å²) in [7, 11) is 0. The van der Waals surface area contributed by atoms with Gasteiger partial charge in [0, 0.05) is 24.2 Å². The third-order valence-corrected chi connectivity index (χ3v) is 1.82. The quantitative estimate of drug-likeness (QED) is 0.387. The Bertz CT molecular complexity index is 299. The van der Waals surface area contributed by atoms with Crippen LogP contribution in [0.25, 0.3) is 0 Å². The Hall–Kier alpha value is -1.62. The Kier molecular flexibility index (Phi) is 7.71. The molecule has 96 valence electrons. The zero-order valence-corrected chi connectivity index (χ0v) is 10.3. The largest absolute Gasteiger partial charge is 0.461 e. The van der Waals surface area contributed by atoms with Crippen molar-refractivity contribution in [1.29, 1.82) is 0 Å². The van der Waals surface area contributed by atoms with Gasteiger partial charge in [0.25, 0.3) is 0 Å². The van der Waals surface area contributed by atoms with Gasteiger partial charge < -0.3 is 14.8 Å². The first-order valence-electron chi connectivity index (χ1n) is 5.32. The van der Waals surface area contributed by atoms with Gasteiger partial charge in [-0.3, -0.25) is 0 Å². The summed E-state index contributed by atoms with van der Waals surface area (Å²) in [4.78, 5) is 21.8. The summed E-state index contributed by atoms with van der Waals surface area (Å²) in [5.41, 5.74) is 0.373. The molecule has 0 radical (unpaired) electrons. The molecule has 5 heteroatoms. The highest BCUT2D eigenvalue weighted by molar-refractivity contribution is 5.86. The normalized spacial score (nSPS) is 11.4. The molecular formula is C12H19NO4. The van der Waals surface area contributed by atoms with Crippen molar-refractivity contribution in [2.45, 2.75) is 19.9 Å². The van der Waals surface area contributed by atoms with Gasteiger partial charge in [0.1, 0.15) is 13.2 Å². The van der Waals surface area contributed by atoms with E-state index in [1.165, 1.54) is 0 Å². The predicted octanol–water partition coefficient (Wildman–Crippen LogP) is 0.813. The molecule has 0 aliphatic heterocycles. The second kappa shape index (κ2) is 8.52. The third-order valence-electron chi connectivity index (χ3n) is 1.82. The highest BCUT2D eigenvalue weighted by atomic mass is 16.5. The van der Waals surface area contributed by atoms with Gasteiger partial charge in [-0.15, -0.1) is 0 Å². The minimum absolute atomic E-state index is 0.0116. The number of rotatable bonds is 8. The van der Waals surface area contributed by atoms with Crippen molar-refractivity contribution < 1.29 is 19.1 Å². The first kappa shape index (κ1) is 15.4. The summed E-state index contributed by atoms with van der Waals surface area (Å²) in [6.07, 6.45) is 1.11. The number of carbonyl (C=O) groups excluding carboxylic acids is 2. The lowest BCUT2D eigenvalue weighted by Crippen LogP contribution is -2.34. The summed E-state index contributed by atoms with van der Waals surface area (Å²) in [6, 6.07) is -0.0116. The fourth-order valence-electron chi connectivity index (χ4n) is 0.897. The maximum atomic E-state index is 11.0. The van der Waals surface area contributed by atoms with Crippen LogP contribution in [0.5, 0.6) is 0 Å². The van der Waals surface area contributed by atoms with E-state index in [1.54, 1.807) is 6.92 Å². The Morgan fingerprint density at radius 2 is 2.06 bits per heavy atom. The van der Waals surface area contributed by atoms with Crippen LogP contribution < -0.4 is 5.32 Å². The number of nitrogens with one attached hydrogen (secondary N) is 1. The molecule has 0 aromatic carbocycles. The van der Waals surface area contributed by atoms with Crippen molar-refractivity contribution in [2.24, 2.45) is 0 Å². The Balaban J connectivity index is 3.54. The predicted molar refractivity (Wildman–Crippen MR) is 64.4 cm³/mol. The second-order valence-electron chi connectivity index (χ2n) is 3.61. The zero-order valence-electron chi connectivity index (χ0n) is 10.3. The van der Waals surface area contributed by atoms with Crippen LogP contribution in [0.15, 0.2) is 24.8 Å². The lowest BCUT2D eigenvalue weighted by Gasteiger charge is -2.13. The van der Waals surface area contributed by atoms with E-state index in [2.05, 4.69) is 18.5 Å². The molecule has 1 unspecified atom stereocenters. The van der Waals surface area contributed by atoms with Crippen LogP contribution in [0.1, 0.15) is 13.8 Å². The maximum absolute atomic E-state index is 11.0. The SMILES string of the molecule is C=CC(=O)OCC(C)NCCOC(=O)C(=C)C. The highest BCUT2D eigenvalue weighted by Crippen LogP contribution is 1.91. The van der Waals surface area contributed by atoms with Crippen molar-refractivity contribution in [2.75, 3.05) is 19.8 Å². The van der Waals surface area contributed by atoms with E-state index in [4.69, 9.17) is 9.47 Å². The standard InChI is InChI=1S/C12H19NO4/c1-5-11(14)17-8-10(4)13-6-7-16-12(15)9(2)3/h5,10,13H,1-2,6-8H2,3-4H3. The van der Waals surface area contributed by atoms with Crippen LogP contribution in [-0.4, -0.2) is 37.7 Å². The molecule has 0 aromatic heterocycles. The molecule has 0 amide bonds. The van der Waals surface area contributed by atoms with Crippen LogP contribution >= 0.6 is 0 Å². The van der Waals surface area contributed by atoms with E-state index in [0.717, 1.165) is 6.08 Å². The van der Waals surface area contributed by atoms with Gasteiger partial charge in [0.15, 0.2) is 0 Å². The molecule has 0 aliphatic rings. The van der Waals surface area contributed by atoms with Crippen LogP contribution in [-0.2, 0) is 19.1 Å². The smallest absolute Gasteiger partial charge is 0.333 e. The van der Waals surface area contributed by atoms with Crippen molar-refractivity contribution >= 4 is 11.9 Å². The number of hydrogen-bond donors (Lipinski definition) is 1. The first-order chi connectivity index (χ1) is 7.97. The minimum Gasteiger partial charge on any atom is -0.461 e. The van der Waals surface area contributed by atoms with Gasteiger partial charge in [-0.2, -0.15) is 0 Å². The summed E-state index contributed by atoms with van der Waals surface area (Å²) >= 11 is 0. The molecule has 5 nitrogen and oxygen atoms in total. The lowest BCUT2D eigenvalue weighted by atomic mass is 10.3. The summed E-state index contributed by atoms with van der Waals surface area (Å²) in [5.74, 6) is -0.857. The fraction of sp³-hybridized carbons (Fsp3) is 0.500. The van der Waals surface area contributed by atoms with E-state index < -0.39 is 11.9 Å². The zero-order chi connectivity index (χ0) is 13.3. The van der Waals surface area contributed by atoms with Gasteiger partial charge >= 0.3 is 11.9 Å². The third kappa shape index (κ3) is 8.21. The molecule has 0 heterocycles. The molecule has 0 saturated heterocycles. The van der Waals surface area contributed by atoms with Crippen LogP contribution in [0, 0.1) is 0 Å². The maximum Gasteiger partial charge on any atom is 0.333 e. The second-order valence-corrected chi connectivity index (χ2v) is 3.61. The lowest BCUT2D eigenvalue weighted by molar-refractivity contribution is -0.138. The number of ether oxygens (including phenoxy) is 2. The molecule has 1 atom stereocenters. The van der Waals surface area contributed by atoms with Gasteiger partial charge in [-0.25, -0.2) is 9.59 Å². The van der Waals surface area contributed by atoms with Crippen molar-refractivity contribution in [3.63, 3.8) is 0 Å². The average molecular weight is 241 g/mol. The average Bonchev–Trinajstić information content (AvgIpc) is 2.30. The van der Waals surface area contributed by atoms with E-state index in [1.807, 2.05) is 6.92 Å². The molecule has 1 N–H and O–H groups in total. The molecule has 0 saturated carbocycles. The monoisotopic (exact) mass is 241 g/mol. The Morgan fingerprint density at radius 1 is 1.41 bits per heavy atom. The van der Waals surface area contributed by atoms with Crippen LogP contribution in [0.4, 0.5) is 0 Å². The van der Waals surface area contributed by atoms with E-state index in [9.17, 15) is 9.59 Å². The highest BCUT2D eigenvalue weighted by Gasteiger charge is 2.05. The number of hydrogen-bond acceptors (Lipinski definition) is 5. The number of carbonyl (C=O) groups is 2. The topological polar surface area (TPSA) is 64.6 Å². The van der Waals surface area contributed by atoms with Crippen LogP contribution in [0.2, 0.25) is 0 Å². The summed E-state index contributed by atoms with van der Waals surface area (Å²) < 4.78 is 9.70. The van der Waals surface area contributed by atoms with E-state index >= 15 is 0 Å². The Labute approximate surface area is 101 Å². The van der Waals surface area contributed by atoms with Crippen molar-refractivity contribution in [3.8, 4) is 0 Å². The summed E-state index contributed by atoms with van der Waals surface area (Å²) in [6.45, 7) is 11.2. The summed E-state index contributed by atoms with van der Waals surface area (Å²) in [5, 5.41) is 3.04. The molecule has 0 aliphatic carbocycles. The van der Waals surface area contributed by atoms with Crippen LogP contribution in [0.3, 0.4) is 0 Å². The molecule has 0 bridgehead atoms. The molecular weight excluding hydrogens is 222 g/mol. The minimum atomic E-state index is -0.452.